The maximum atomic E-state index is 13.8. The lowest BCUT2D eigenvalue weighted by Crippen LogP contribution is -2.42. The number of hydrogen-bond donors (Lipinski definition) is 0. The number of ether oxygens (including phenoxy) is 1. The lowest BCUT2D eigenvalue weighted by atomic mass is 10.2. The topological polar surface area (TPSA) is 109 Å². The number of halogens is 1. The van der Waals surface area contributed by atoms with Crippen molar-refractivity contribution in [2.24, 2.45) is 0 Å². The maximum absolute atomic E-state index is 13.8. The number of benzene rings is 1. The van der Waals surface area contributed by atoms with E-state index in [-0.39, 0.29) is 36.4 Å². The minimum Gasteiger partial charge on any atom is -0.422 e. The molecule has 1 aromatic carbocycles. The molecule has 0 amide bonds. The first-order chi connectivity index (χ1) is 12.3. The number of nitriles is 1. The zero-order valence-electron chi connectivity index (χ0n) is 14.2. The van der Waals surface area contributed by atoms with Crippen LogP contribution in [0.15, 0.2) is 27.5 Å². The first kappa shape index (κ1) is 18.4. The minimum absolute atomic E-state index is 0.0326. The van der Waals surface area contributed by atoms with E-state index in [1.807, 2.05) is 13.8 Å². The first-order valence-electron chi connectivity index (χ1n) is 7.98. The van der Waals surface area contributed by atoms with Crippen LogP contribution in [0.2, 0.25) is 0 Å². The van der Waals surface area contributed by atoms with Crippen LogP contribution in [0.3, 0.4) is 0 Å². The van der Waals surface area contributed by atoms with Crippen LogP contribution in [0.1, 0.15) is 43.2 Å². The highest BCUT2D eigenvalue weighted by Crippen LogP contribution is 2.28. The number of morpholine rings is 1. The summed E-state index contributed by atoms with van der Waals surface area (Å²) < 4.78 is 51.8. The quantitative estimate of drug-likeness (QED) is 0.797. The molecular weight excluding hydrogens is 363 g/mol. The fourth-order valence-corrected chi connectivity index (χ4v) is 4.15. The van der Waals surface area contributed by atoms with Crippen molar-refractivity contribution in [1.82, 2.24) is 14.5 Å². The molecule has 2 aromatic rings. The average molecular weight is 380 g/mol. The summed E-state index contributed by atoms with van der Waals surface area (Å²) in [5.74, 6) is -0.226. The summed E-state index contributed by atoms with van der Waals surface area (Å²) in [7, 11) is -4.08. The number of rotatable bonds is 4. The Hall–Kier alpha value is -2.35. The molecule has 3 rings (SSSR count). The number of aromatic nitrogens is 2. The van der Waals surface area contributed by atoms with E-state index in [0.717, 1.165) is 10.4 Å². The predicted octanol–water partition coefficient (Wildman–Crippen LogP) is 1.97. The third-order valence-electron chi connectivity index (χ3n) is 3.96. The van der Waals surface area contributed by atoms with E-state index in [2.05, 4.69) is 10.2 Å². The Morgan fingerprint density at radius 3 is 2.81 bits per heavy atom. The van der Waals surface area contributed by atoms with E-state index in [1.54, 1.807) is 6.07 Å². The van der Waals surface area contributed by atoms with Gasteiger partial charge in [-0.15, -0.1) is 10.2 Å². The van der Waals surface area contributed by atoms with E-state index in [1.165, 1.54) is 12.1 Å². The second-order valence-corrected chi connectivity index (χ2v) is 7.99. The molecule has 1 aliphatic rings. The zero-order valence-corrected chi connectivity index (χ0v) is 15.0. The van der Waals surface area contributed by atoms with Crippen molar-refractivity contribution in [1.29, 1.82) is 5.26 Å². The van der Waals surface area contributed by atoms with E-state index in [4.69, 9.17) is 14.4 Å². The van der Waals surface area contributed by atoms with Crippen molar-refractivity contribution in [3.63, 3.8) is 0 Å². The van der Waals surface area contributed by atoms with Gasteiger partial charge in [-0.05, 0) is 12.1 Å². The van der Waals surface area contributed by atoms with Crippen LogP contribution < -0.4 is 0 Å². The standard InChI is InChI=1S/C16H17FN4O4S/c1-10(2)15-19-20-16(25-15)13-9-21(6-7-24-13)26(22,23)14-5-3-4-12(17)11(14)8-18/h3-5,10,13H,6-7,9H2,1-2H3/t13-/m0/s1. The molecule has 0 aliphatic carbocycles. The molecule has 2 heterocycles. The second kappa shape index (κ2) is 7.11. The molecule has 1 atom stereocenters. The van der Waals surface area contributed by atoms with Crippen LogP contribution >= 0.6 is 0 Å². The third-order valence-corrected chi connectivity index (χ3v) is 5.87. The molecule has 10 heteroatoms. The Labute approximate surface area is 150 Å². The molecule has 1 fully saturated rings. The van der Waals surface area contributed by atoms with E-state index >= 15 is 0 Å². The molecule has 138 valence electrons. The minimum atomic E-state index is -4.08. The SMILES string of the molecule is CC(C)c1nnc([C@@H]2CN(S(=O)(=O)c3cccc(F)c3C#N)CCO2)o1. The fraction of sp³-hybridized carbons (Fsp3) is 0.438. The molecule has 8 nitrogen and oxygen atoms in total. The van der Waals surface area contributed by atoms with Gasteiger partial charge in [-0.1, -0.05) is 19.9 Å². The molecule has 1 saturated heterocycles. The Bertz CT molecular complexity index is 951. The first-order valence-corrected chi connectivity index (χ1v) is 9.42. The van der Waals surface area contributed by atoms with Gasteiger partial charge in [0, 0.05) is 19.0 Å². The summed E-state index contributed by atoms with van der Waals surface area (Å²) in [6.45, 7) is 3.90. The fourth-order valence-electron chi connectivity index (χ4n) is 2.57. The van der Waals surface area contributed by atoms with Crippen LogP contribution in [0.5, 0.6) is 0 Å². The van der Waals surface area contributed by atoms with Gasteiger partial charge in [0.05, 0.1) is 6.61 Å². The van der Waals surface area contributed by atoms with E-state index in [0.29, 0.717) is 5.89 Å². The average Bonchev–Trinajstić information content (AvgIpc) is 3.12. The number of sulfonamides is 1. The highest BCUT2D eigenvalue weighted by atomic mass is 32.2. The van der Waals surface area contributed by atoms with Gasteiger partial charge in [-0.2, -0.15) is 9.57 Å². The molecule has 0 spiro atoms. The van der Waals surface area contributed by atoms with Gasteiger partial charge < -0.3 is 9.15 Å². The van der Waals surface area contributed by atoms with Crippen molar-refractivity contribution in [3.05, 3.63) is 41.4 Å². The Kier molecular flexibility index (Phi) is 5.04. The molecule has 1 aliphatic heterocycles. The number of hydrogen-bond acceptors (Lipinski definition) is 7. The molecule has 0 N–H and O–H groups in total. The highest BCUT2D eigenvalue weighted by molar-refractivity contribution is 7.89. The smallest absolute Gasteiger partial charge is 0.246 e. The van der Waals surface area contributed by atoms with Gasteiger partial charge >= 0.3 is 0 Å². The normalized spacial score (nSPS) is 18.8. The molecule has 1 aromatic heterocycles. The lowest BCUT2D eigenvalue weighted by Gasteiger charge is -2.30. The second-order valence-electron chi connectivity index (χ2n) is 6.08. The van der Waals surface area contributed by atoms with Crippen LogP contribution in [-0.4, -0.2) is 42.6 Å². The van der Waals surface area contributed by atoms with Crippen molar-refractivity contribution >= 4 is 10.0 Å². The summed E-state index contributed by atoms with van der Waals surface area (Å²) >= 11 is 0. The van der Waals surface area contributed by atoms with Crippen LogP contribution in [-0.2, 0) is 14.8 Å². The number of nitrogens with zero attached hydrogens (tertiary/aromatic N) is 4. The zero-order chi connectivity index (χ0) is 18.9. The summed E-state index contributed by atoms with van der Waals surface area (Å²) in [4.78, 5) is -0.367. The van der Waals surface area contributed by atoms with Gasteiger partial charge in [-0.3, -0.25) is 0 Å². The van der Waals surface area contributed by atoms with Crippen LogP contribution in [0.4, 0.5) is 4.39 Å². The predicted molar refractivity (Wildman–Crippen MR) is 87.0 cm³/mol. The maximum Gasteiger partial charge on any atom is 0.246 e. The molecule has 26 heavy (non-hydrogen) atoms. The molecule has 0 radical (unpaired) electrons. The Balaban J connectivity index is 1.89. The van der Waals surface area contributed by atoms with Crippen LogP contribution in [0.25, 0.3) is 0 Å². The largest absolute Gasteiger partial charge is 0.422 e. The molecule has 0 bridgehead atoms. The van der Waals surface area contributed by atoms with Gasteiger partial charge in [-0.25, -0.2) is 12.8 Å². The van der Waals surface area contributed by atoms with Gasteiger partial charge in [0.25, 0.3) is 0 Å². The van der Waals surface area contributed by atoms with Crippen molar-refractivity contribution in [2.75, 3.05) is 19.7 Å². The lowest BCUT2D eigenvalue weighted by molar-refractivity contribution is -0.0179. The van der Waals surface area contributed by atoms with E-state index < -0.39 is 27.5 Å². The van der Waals surface area contributed by atoms with Crippen molar-refractivity contribution in [3.8, 4) is 6.07 Å². The van der Waals surface area contributed by atoms with Crippen LogP contribution in [0, 0.1) is 17.1 Å². The van der Waals surface area contributed by atoms with Crippen molar-refractivity contribution < 1.29 is 22.0 Å². The van der Waals surface area contributed by atoms with Gasteiger partial charge in [0.1, 0.15) is 28.4 Å². The van der Waals surface area contributed by atoms with Crippen molar-refractivity contribution in [2.45, 2.75) is 30.8 Å². The summed E-state index contributed by atoms with van der Waals surface area (Å²) in [6.07, 6.45) is -0.724. The monoisotopic (exact) mass is 380 g/mol. The summed E-state index contributed by atoms with van der Waals surface area (Å²) in [5, 5.41) is 17.0. The van der Waals surface area contributed by atoms with Gasteiger partial charge in [0.2, 0.25) is 21.8 Å². The summed E-state index contributed by atoms with van der Waals surface area (Å²) in [6, 6.07) is 5.13. The molecule has 0 saturated carbocycles. The third kappa shape index (κ3) is 3.33. The molecule has 0 unspecified atom stereocenters. The Morgan fingerprint density at radius 2 is 2.15 bits per heavy atom. The van der Waals surface area contributed by atoms with Gasteiger partial charge in [0.15, 0.2) is 0 Å². The molecular formula is C16H17FN4O4S. The summed E-state index contributed by atoms with van der Waals surface area (Å²) in [5.41, 5.74) is -0.504. The highest BCUT2D eigenvalue weighted by Gasteiger charge is 2.35. The Morgan fingerprint density at radius 1 is 1.38 bits per heavy atom. The van der Waals surface area contributed by atoms with E-state index in [9.17, 15) is 12.8 Å².